The van der Waals surface area contributed by atoms with Crippen LogP contribution in [0.1, 0.15) is 39.9 Å². The smallest absolute Gasteiger partial charge is 0.278 e. The molecule has 0 radical (unpaired) electrons. The molecule has 2 heterocycles. The summed E-state index contributed by atoms with van der Waals surface area (Å²) >= 11 is 0. The number of hydrogen-bond donors (Lipinski definition) is 3. The second-order valence-electron chi connectivity index (χ2n) is 7.97. The van der Waals surface area contributed by atoms with Gasteiger partial charge < -0.3 is 15.0 Å². The summed E-state index contributed by atoms with van der Waals surface area (Å²) in [6.45, 7) is 4.62. The van der Waals surface area contributed by atoms with Crippen LogP contribution >= 0.6 is 0 Å². The molecule has 2 aromatic heterocycles. The number of primary amides is 1. The highest BCUT2D eigenvalue weighted by atomic mass is 32.2. The van der Waals surface area contributed by atoms with Crippen molar-refractivity contribution in [3.63, 3.8) is 0 Å². The lowest BCUT2D eigenvalue weighted by Crippen LogP contribution is -2.36. The molecule has 0 fully saturated rings. The predicted octanol–water partition coefficient (Wildman–Crippen LogP) is 0.707. The van der Waals surface area contributed by atoms with Crippen LogP contribution in [0.25, 0.3) is 11.0 Å². The van der Waals surface area contributed by atoms with Gasteiger partial charge in [0.1, 0.15) is 17.0 Å². The molecule has 3 rings (SSSR count). The van der Waals surface area contributed by atoms with E-state index in [1.807, 2.05) is 6.92 Å². The van der Waals surface area contributed by atoms with E-state index < -0.39 is 22.0 Å². The van der Waals surface area contributed by atoms with E-state index >= 15 is 0 Å². The molecule has 0 saturated heterocycles. The number of rotatable bonds is 11. The van der Waals surface area contributed by atoms with E-state index in [9.17, 15) is 18.0 Å². The second-order valence-corrected chi connectivity index (χ2v) is 9.94. The number of hydrogen-bond acceptors (Lipinski definition) is 7. The van der Waals surface area contributed by atoms with E-state index in [4.69, 9.17) is 10.5 Å². The Morgan fingerprint density at radius 3 is 2.54 bits per heavy atom. The Morgan fingerprint density at radius 2 is 1.94 bits per heavy atom. The van der Waals surface area contributed by atoms with Gasteiger partial charge in [-0.1, -0.05) is 0 Å². The summed E-state index contributed by atoms with van der Waals surface area (Å²) in [6.07, 6.45) is 0.383. The first-order valence-electron chi connectivity index (χ1n) is 10.9. The Kier molecular flexibility index (Phi) is 7.77. The van der Waals surface area contributed by atoms with Crippen LogP contribution < -0.4 is 20.5 Å². The number of methoxy groups -OCH3 is 1. The third-order valence-corrected chi connectivity index (χ3v) is 6.82. The van der Waals surface area contributed by atoms with Crippen LogP contribution in [0, 0.1) is 6.92 Å². The van der Waals surface area contributed by atoms with Crippen LogP contribution in [0.4, 0.5) is 5.95 Å². The zero-order valence-corrected chi connectivity index (χ0v) is 21.1. The zero-order chi connectivity index (χ0) is 25.9. The SMILES string of the molecule is CCn1nc(C)cc1C(=O)Nc1nc2cc(C(N)=O)cc(OC)c2n1CCCNS(=O)(=O)N(C)C. The van der Waals surface area contributed by atoms with Gasteiger partial charge in [-0.15, -0.1) is 0 Å². The quantitative estimate of drug-likeness (QED) is 0.322. The number of anilines is 1. The third kappa shape index (κ3) is 5.61. The molecule has 0 aliphatic heterocycles. The molecule has 0 spiro atoms. The lowest BCUT2D eigenvalue weighted by Gasteiger charge is -2.14. The summed E-state index contributed by atoms with van der Waals surface area (Å²) in [7, 11) is 0.738. The van der Waals surface area contributed by atoms with Gasteiger partial charge in [-0.25, -0.2) is 9.71 Å². The van der Waals surface area contributed by atoms with E-state index in [0.29, 0.717) is 47.7 Å². The summed E-state index contributed by atoms with van der Waals surface area (Å²) < 4.78 is 36.4. The number of nitrogens with two attached hydrogens (primary N) is 1. The van der Waals surface area contributed by atoms with Crippen molar-refractivity contribution in [3.8, 4) is 5.75 Å². The first-order chi connectivity index (χ1) is 16.5. The highest BCUT2D eigenvalue weighted by molar-refractivity contribution is 7.87. The average Bonchev–Trinajstić information content (AvgIpc) is 3.35. The van der Waals surface area contributed by atoms with Crippen LogP contribution in [-0.4, -0.2) is 71.6 Å². The first-order valence-corrected chi connectivity index (χ1v) is 12.3. The average molecular weight is 507 g/mol. The van der Waals surface area contributed by atoms with Gasteiger partial charge in [0.05, 0.1) is 18.3 Å². The fraction of sp³-hybridized carbons (Fsp3) is 0.429. The van der Waals surface area contributed by atoms with E-state index in [-0.39, 0.29) is 18.1 Å². The molecule has 2 amide bonds. The Labute approximate surface area is 203 Å². The van der Waals surface area contributed by atoms with Crippen LogP contribution in [0.2, 0.25) is 0 Å². The predicted molar refractivity (Wildman–Crippen MR) is 131 cm³/mol. The van der Waals surface area contributed by atoms with E-state index in [1.54, 1.807) is 22.2 Å². The van der Waals surface area contributed by atoms with Crippen LogP contribution in [0.3, 0.4) is 0 Å². The number of nitrogens with one attached hydrogen (secondary N) is 2. The Bertz CT molecular complexity index is 1360. The van der Waals surface area contributed by atoms with Gasteiger partial charge in [-0.05, 0) is 38.5 Å². The van der Waals surface area contributed by atoms with Gasteiger partial charge in [0, 0.05) is 39.3 Å². The van der Waals surface area contributed by atoms with Crippen LogP contribution in [0.5, 0.6) is 5.75 Å². The van der Waals surface area contributed by atoms with Crippen LogP contribution in [0.15, 0.2) is 18.2 Å². The highest BCUT2D eigenvalue weighted by Gasteiger charge is 2.21. The highest BCUT2D eigenvalue weighted by Crippen LogP contribution is 2.31. The number of nitrogens with zero attached hydrogens (tertiary/aromatic N) is 5. The summed E-state index contributed by atoms with van der Waals surface area (Å²) in [6, 6.07) is 4.69. The van der Waals surface area contributed by atoms with E-state index in [2.05, 4.69) is 20.1 Å². The van der Waals surface area contributed by atoms with Crippen molar-refractivity contribution in [3.05, 3.63) is 35.2 Å². The summed E-state index contributed by atoms with van der Waals surface area (Å²) in [5, 5.41) is 7.11. The number of ether oxygens (including phenoxy) is 1. The lowest BCUT2D eigenvalue weighted by molar-refractivity contribution is 0.0995. The molecule has 3 aromatic rings. The molecule has 1 aromatic carbocycles. The zero-order valence-electron chi connectivity index (χ0n) is 20.3. The lowest BCUT2D eigenvalue weighted by atomic mass is 10.1. The number of carbonyl (C=O) groups excluding carboxylic acids is 2. The molecule has 13 nitrogen and oxygen atoms in total. The summed E-state index contributed by atoms with van der Waals surface area (Å²) in [4.78, 5) is 29.4. The summed E-state index contributed by atoms with van der Waals surface area (Å²) in [5.41, 5.74) is 7.64. The number of aromatic nitrogens is 4. The molecular weight excluding hydrogens is 476 g/mol. The fourth-order valence-corrected chi connectivity index (χ4v) is 4.20. The van der Waals surface area contributed by atoms with Crippen molar-refractivity contribution in [2.75, 3.05) is 33.1 Å². The molecule has 0 aliphatic rings. The Morgan fingerprint density at radius 1 is 1.23 bits per heavy atom. The largest absolute Gasteiger partial charge is 0.494 e. The monoisotopic (exact) mass is 506 g/mol. The number of fused-ring (bicyclic) bond motifs is 1. The van der Waals surface area contributed by atoms with Gasteiger partial charge in [-0.3, -0.25) is 19.6 Å². The van der Waals surface area contributed by atoms with Crippen molar-refractivity contribution in [1.82, 2.24) is 28.4 Å². The standard InChI is InChI=1S/C21H30N8O5S/c1-6-29-16(10-13(2)26-29)20(31)25-21-24-15-11-14(19(22)30)12-17(34-5)18(15)28(21)9-7-8-23-35(32,33)27(3)4/h10-12,23H,6-9H2,1-5H3,(H2,22,30)(H,24,25,31). The normalized spacial score (nSPS) is 11.8. The Balaban J connectivity index is 2.00. The van der Waals surface area contributed by atoms with E-state index in [0.717, 1.165) is 4.31 Å². The van der Waals surface area contributed by atoms with Crippen LogP contribution in [-0.2, 0) is 23.3 Å². The second kappa shape index (κ2) is 10.4. The topological polar surface area (TPSA) is 166 Å². The maximum atomic E-state index is 13.1. The minimum Gasteiger partial charge on any atom is -0.494 e. The van der Waals surface area contributed by atoms with Gasteiger partial charge in [0.25, 0.3) is 16.1 Å². The molecular formula is C21H30N8O5S. The molecule has 190 valence electrons. The molecule has 0 bridgehead atoms. The van der Waals surface area contributed by atoms with Gasteiger partial charge in [0.15, 0.2) is 0 Å². The number of benzene rings is 1. The molecule has 14 heteroatoms. The fourth-order valence-electron chi connectivity index (χ4n) is 3.54. The molecule has 0 saturated carbocycles. The van der Waals surface area contributed by atoms with Gasteiger partial charge >= 0.3 is 0 Å². The number of carbonyl (C=O) groups is 2. The van der Waals surface area contributed by atoms with Gasteiger partial charge in [-0.2, -0.15) is 17.8 Å². The maximum Gasteiger partial charge on any atom is 0.278 e. The maximum absolute atomic E-state index is 13.1. The number of amides is 2. The van der Waals surface area contributed by atoms with Crippen molar-refractivity contribution in [2.24, 2.45) is 5.73 Å². The van der Waals surface area contributed by atoms with Crippen molar-refractivity contribution in [1.29, 1.82) is 0 Å². The minimum absolute atomic E-state index is 0.150. The molecule has 4 N–H and O–H groups in total. The molecule has 0 aliphatic carbocycles. The minimum atomic E-state index is -3.58. The Hall–Kier alpha value is -3.49. The molecule has 35 heavy (non-hydrogen) atoms. The third-order valence-electron chi connectivity index (χ3n) is 5.29. The number of imidazole rings is 1. The van der Waals surface area contributed by atoms with Gasteiger partial charge in [0.2, 0.25) is 11.9 Å². The molecule has 0 atom stereocenters. The van der Waals surface area contributed by atoms with Crippen molar-refractivity contribution >= 4 is 39.0 Å². The van der Waals surface area contributed by atoms with Crippen molar-refractivity contribution < 1.29 is 22.7 Å². The first kappa shape index (κ1) is 26.1. The van der Waals surface area contributed by atoms with E-state index in [1.165, 1.54) is 33.3 Å². The number of aryl methyl sites for hydroxylation is 3. The van der Waals surface area contributed by atoms with Crippen molar-refractivity contribution in [2.45, 2.75) is 33.4 Å². The molecule has 0 unspecified atom stereocenters. The summed E-state index contributed by atoms with van der Waals surface area (Å²) in [5.74, 6) is -0.508.